The summed E-state index contributed by atoms with van der Waals surface area (Å²) in [6.45, 7) is 3.68. The second kappa shape index (κ2) is 4.06. The third kappa shape index (κ3) is 3.09. The molecule has 3 nitrogen and oxygen atoms in total. The van der Waals surface area contributed by atoms with Gasteiger partial charge in [-0.15, -0.1) is 0 Å². The van der Waals surface area contributed by atoms with E-state index in [2.05, 4.69) is 0 Å². The molecule has 15 heavy (non-hydrogen) atoms. The van der Waals surface area contributed by atoms with Crippen LogP contribution in [0.2, 0.25) is 0 Å². The standard InChI is InChI=1S/C11H16FNO2/c1-11(2,13)6-7-4-8(12)10(15-3)9(14)5-7/h4-5,14H,6,13H2,1-3H3. The molecule has 0 aromatic heterocycles. The summed E-state index contributed by atoms with van der Waals surface area (Å²) in [7, 11) is 1.31. The van der Waals surface area contributed by atoms with Gasteiger partial charge >= 0.3 is 0 Å². The lowest BCUT2D eigenvalue weighted by atomic mass is 9.96. The van der Waals surface area contributed by atoms with E-state index >= 15 is 0 Å². The molecule has 1 aromatic carbocycles. The molecule has 0 aliphatic carbocycles. The van der Waals surface area contributed by atoms with E-state index in [0.29, 0.717) is 12.0 Å². The maximum Gasteiger partial charge on any atom is 0.196 e. The number of hydrogen-bond acceptors (Lipinski definition) is 3. The van der Waals surface area contributed by atoms with Gasteiger partial charge in [-0.3, -0.25) is 0 Å². The summed E-state index contributed by atoms with van der Waals surface area (Å²) in [5.74, 6) is -0.901. The Morgan fingerprint density at radius 3 is 2.47 bits per heavy atom. The number of methoxy groups -OCH3 is 1. The Morgan fingerprint density at radius 2 is 2.07 bits per heavy atom. The van der Waals surface area contributed by atoms with E-state index in [0.717, 1.165) is 0 Å². The zero-order valence-corrected chi connectivity index (χ0v) is 9.17. The number of benzene rings is 1. The van der Waals surface area contributed by atoms with Crippen molar-refractivity contribution in [3.8, 4) is 11.5 Å². The molecule has 0 fully saturated rings. The van der Waals surface area contributed by atoms with E-state index in [1.807, 2.05) is 13.8 Å². The highest BCUT2D eigenvalue weighted by Crippen LogP contribution is 2.31. The SMILES string of the molecule is COc1c(O)cc(CC(C)(C)N)cc1F. The number of aromatic hydroxyl groups is 1. The molecule has 84 valence electrons. The molecule has 4 heteroatoms. The van der Waals surface area contributed by atoms with E-state index in [4.69, 9.17) is 10.5 Å². The average Bonchev–Trinajstić information content (AvgIpc) is 1.99. The molecule has 0 bridgehead atoms. The second-order valence-electron chi connectivity index (χ2n) is 4.30. The molecular weight excluding hydrogens is 197 g/mol. The maximum atomic E-state index is 13.4. The number of rotatable bonds is 3. The topological polar surface area (TPSA) is 55.5 Å². The van der Waals surface area contributed by atoms with E-state index in [9.17, 15) is 9.50 Å². The molecule has 0 aliphatic rings. The Hall–Kier alpha value is -1.29. The lowest BCUT2D eigenvalue weighted by Crippen LogP contribution is -2.34. The van der Waals surface area contributed by atoms with Gasteiger partial charge in [0.05, 0.1) is 7.11 Å². The lowest BCUT2D eigenvalue weighted by molar-refractivity contribution is 0.350. The van der Waals surface area contributed by atoms with Crippen LogP contribution in [0.1, 0.15) is 19.4 Å². The minimum absolute atomic E-state index is 0.131. The summed E-state index contributed by atoms with van der Waals surface area (Å²) < 4.78 is 18.1. The van der Waals surface area contributed by atoms with Crippen LogP contribution in [-0.2, 0) is 6.42 Å². The Balaban J connectivity index is 3.04. The number of hydrogen-bond donors (Lipinski definition) is 2. The highest BCUT2D eigenvalue weighted by atomic mass is 19.1. The van der Waals surface area contributed by atoms with Crippen molar-refractivity contribution >= 4 is 0 Å². The van der Waals surface area contributed by atoms with Crippen LogP contribution < -0.4 is 10.5 Å². The number of ether oxygens (including phenoxy) is 1. The number of phenolic OH excluding ortho intramolecular Hbond substituents is 1. The highest BCUT2D eigenvalue weighted by molar-refractivity contribution is 5.43. The molecule has 0 aliphatic heterocycles. The maximum absolute atomic E-state index is 13.4. The van der Waals surface area contributed by atoms with Crippen molar-refractivity contribution in [3.05, 3.63) is 23.5 Å². The summed E-state index contributed by atoms with van der Waals surface area (Å²) in [5, 5.41) is 9.46. The fourth-order valence-corrected chi connectivity index (χ4v) is 1.46. The Labute approximate surface area is 88.7 Å². The fourth-order valence-electron chi connectivity index (χ4n) is 1.46. The fraction of sp³-hybridized carbons (Fsp3) is 0.455. The third-order valence-corrected chi connectivity index (χ3v) is 1.95. The first-order valence-corrected chi connectivity index (χ1v) is 4.68. The van der Waals surface area contributed by atoms with E-state index in [1.54, 1.807) is 0 Å². The van der Waals surface area contributed by atoms with E-state index in [-0.39, 0.29) is 11.5 Å². The van der Waals surface area contributed by atoms with E-state index in [1.165, 1.54) is 19.2 Å². The van der Waals surface area contributed by atoms with Crippen LogP contribution in [0.5, 0.6) is 11.5 Å². The number of halogens is 1. The highest BCUT2D eigenvalue weighted by Gasteiger charge is 2.16. The molecule has 0 amide bonds. The Morgan fingerprint density at radius 1 is 1.47 bits per heavy atom. The summed E-state index contributed by atoms with van der Waals surface area (Å²) in [4.78, 5) is 0. The molecule has 1 rings (SSSR count). The van der Waals surface area contributed by atoms with Gasteiger partial charge in [0.15, 0.2) is 17.3 Å². The molecule has 3 N–H and O–H groups in total. The Bertz CT molecular complexity index is 335. The van der Waals surface area contributed by atoms with Crippen LogP contribution in [0.3, 0.4) is 0 Å². The van der Waals surface area contributed by atoms with Gasteiger partial charge in [-0.25, -0.2) is 4.39 Å². The van der Waals surface area contributed by atoms with Gasteiger partial charge in [-0.2, -0.15) is 0 Å². The predicted octanol–water partition coefficient (Wildman–Crippen LogP) is 1.82. The molecule has 1 aromatic rings. The zero-order valence-electron chi connectivity index (χ0n) is 9.17. The monoisotopic (exact) mass is 213 g/mol. The number of nitrogens with two attached hydrogens (primary N) is 1. The van der Waals surface area contributed by atoms with Gasteiger partial charge in [-0.05, 0) is 38.0 Å². The lowest BCUT2D eigenvalue weighted by Gasteiger charge is -2.18. The summed E-state index contributed by atoms with van der Waals surface area (Å²) >= 11 is 0. The van der Waals surface area contributed by atoms with Crippen molar-refractivity contribution in [2.75, 3.05) is 7.11 Å². The summed E-state index contributed by atoms with van der Waals surface area (Å²) in [6.07, 6.45) is 0.488. The van der Waals surface area contributed by atoms with E-state index < -0.39 is 11.4 Å². The molecule has 0 heterocycles. The summed E-state index contributed by atoms with van der Waals surface area (Å²) in [5.41, 5.74) is 6.02. The van der Waals surface area contributed by atoms with Crippen molar-refractivity contribution in [1.82, 2.24) is 0 Å². The normalized spacial score (nSPS) is 11.5. The molecule has 0 radical (unpaired) electrons. The van der Waals surface area contributed by atoms with Gasteiger partial charge < -0.3 is 15.6 Å². The molecule has 0 saturated carbocycles. The van der Waals surface area contributed by atoms with Crippen molar-refractivity contribution in [2.24, 2.45) is 5.73 Å². The molecule has 0 atom stereocenters. The van der Waals surface area contributed by atoms with Crippen LogP contribution in [-0.4, -0.2) is 17.8 Å². The van der Waals surface area contributed by atoms with Crippen LogP contribution >= 0.6 is 0 Å². The number of phenols is 1. The molecule has 0 unspecified atom stereocenters. The first-order chi connectivity index (χ1) is 6.83. The first-order valence-electron chi connectivity index (χ1n) is 4.68. The third-order valence-electron chi connectivity index (χ3n) is 1.95. The predicted molar refractivity (Wildman–Crippen MR) is 56.6 cm³/mol. The van der Waals surface area contributed by atoms with Gasteiger partial charge in [-0.1, -0.05) is 0 Å². The van der Waals surface area contributed by atoms with Crippen molar-refractivity contribution in [3.63, 3.8) is 0 Å². The van der Waals surface area contributed by atoms with Crippen molar-refractivity contribution < 1.29 is 14.2 Å². The molecule has 0 spiro atoms. The second-order valence-corrected chi connectivity index (χ2v) is 4.30. The molecule has 0 saturated heterocycles. The van der Waals surface area contributed by atoms with Gasteiger partial charge in [0.2, 0.25) is 0 Å². The van der Waals surface area contributed by atoms with Crippen molar-refractivity contribution in [2.45, 2.75) is 25.8 Å². The largest absolute Gasteiger partial charge is 0.504 e. The molecular formula is C11H16FNO2. The zero-order chi connectivity index (χ0) is 11.6. The smallest absolute Gasteiger partial charge is 0.196 e. The van der Waals surface area contributed by atoms with Crippen molar-refractivity contribution in [1.29, 1.82) is 0 Å². The van der Waals surface area contributed by atoms with Gasteiger partial charge in [0, 0.05) is 5.54 Å². The summed E-state index contributed by atoms with van der Waals surface area (Å²) in [6, 6.07) is 2.80. The van der Waals surface area contributed by atoms with Gasteiger partial charge in [0.1, 0.15) is 0 Å². The Kier molecular flexibility index (Phi) is 3.19. The van der Waals surface area contributed by atoms with Gasteiger partial charge in [0.25, 0.3) is 0 Å². The minimum Gasteiger partial charge on any atom is -0.504 e. The van der Waals surface area contributed by atoms with Crippen LogP contribution in [0.4, 0.5) is 4.39 Å². The van der Waals surface area contributed by atoms with Crippen LogP contribution in [0, 0.1) is 5.82 Å². The van der Waals surface area contributed by atoms with Crippen LogP contribution in [0.15, 0.2) is 12.1 Å². The van der Waals surface area contributed by atoms with Crippen LogP contribution in [0.25, 0.3) is 0 Å². The average molecular weight is 213 g/mol. The quantitative estimate of drug-likeness (QED) is 0.805. The first kappa shape index (κ1) is 11.8. The minimum atomic E-state index is -0.572.